The molecule has 0 saturated heterocycles. The Bertz CT molecular complexity index is 3160. The van der Waals surface area contributed by atoms with Gasteiger partial charge in [0.05, 0.1) is 39.6 Å². The molecule has 0 radical (unpaired) electrons. The van der Waals surface area contributed by atoms with Gasteiger partial charge in [-0.3, -0.25) is 0 Å². The predicted octanol–water partition coefficient (Wildman–Crippen LogP) is 24.0. The van der Waals surface area contributed by atoms with Crippen molar-refractivity contribution in [2.24, 2.45) is 23.7 Å². The van der Waals surface area contributed by atoms with Crippen molar-refractivity contribution < 1.29 is 71.4 Å². The van der Waals surface area contributed by atoms with E-state index in [9.17, 15) is 5.11 Å². The summed E-state index contributed by atoms with van der Waals surface area (Å²) in [5, 5.41) is 9.87. The van der Waals surface area contributed by atoms with E-state index in [0.29, 0.717) is 62.0 Å². The van der Waals surface area contributed by atoms with Gasteiger partial charge in [0.15, 0.2) is 77.9 Å². The van der Waals surface area contributed by atoms with Gasteiger partial charge < -0.3 is 71.4 Å². The van der Waals surface area contributed by atoms with Crippen molar-refractivity contribution in [2.45, 2.75) is 314 Å². The number of hydrogen-bond donors (Lipinski definition) is 1. The summed E-state index contributed by atoms with van der Waals surface area (Å²) in [7, 11) is 5.06. The summed E-state index contributed by atoms with van der Waals surface area (Å²) >= 11 is 0. The molecule has 0 aromatic heterocycles. The quantitative estimate of drug-likeness (QED) is 0.0372. The molecule has 10 rings (SSSR count). The number of methoxy groups -OCH3 is 3. The highest BCUT2D eigenvalue weighted by atomic mass is 16.7. The summed E-state index contributed by atoms with van der Waals surface area (Å²) in [5.41, 5.74) is 7.63. The third-order valence-electron chi connectivity index (χ3n) is 22.0. The smallest absolute Gasteiger partial charge is 0.197 e. The molecule has 5 fully saturated rings. The van der Waals surface area contributed by atoms with Gasteiger partial charge in [0, 0.05) is 32.8 Å². The lowest BCUT2D eigenvalue weighted by molar-refractivity contribution is -0.190. The normalized spacial score (nSPS) is 20.0. The summed E-state index contributed by atoms with van der Waals surface area (Å²) in [6, 6.07) is 30.6. The fraction of sp³-hybridized carbons (Fsp3) is 0.670. The highest BCUT2D eigenvalue weighted by molar-refractivity contribution is 5.47. The van der Waals surface area contributed by atoms with E-state index in [1.54, 1.807) is 33.5 Å². The third-order valence-corrected chi connectivity index (χ3v) is 22.0. The van der Waals surface area contributed by atoms with Gasteiger partial charge in [-0.15, -0.1) is 0 Å². The van der Waals surface area contributed by atoms with Gasteiger partial charge in [-0.25, -0.2) is 0 Å². The first kappa shape index (κ1) is 90.7. The minimum atomic E-state index is -0.347. The fourth-order valence-corrected chi connectivity index (χ4v) is 15.1. The van der Waals surface area contributed by atoms with Gasteiger partial charge in [-0.2, -0.15) is 0 Å². The first-order chi connectivity index (χ1) is 50.9. The van der Waals surface area contributed by atoms with Crippen molar-refractivity contribution in [3.8, 4) is 51.7 Å². The molecule has 15 heteroatoms. The van der Waals surface area contributed by atoms with Crippen LogP contribution in [0.2, 0.25) is 0 Å². The lowest BCUT2D eigenvalue weighted by atomic mass is 9.54. The minimum Gasteiger partial charge on any atom is -0.504 e. The molecule has 5 aliphatic carbocycles. The van der Waals surface area contributed by atoms with E-state index in [2.05, 4.69) is 125 Å². The highest BCUT2D eigenvalue weighted by Crippen LogP contribution is 2.57. The lowest BCUT2D eigenvalue weighted by Gasteiger charge is -2.56. The Morgan fingerprint density at radius 2 is 0.736 bits per heavy atom. The first-order valence-electron chi connectivity index (χ1n) is 41.0. The Hall–Kier alpha value is -5.94. The summed E-state index contributed by atoms with van der Waals surface area (Å²) < 4.78 is 79.6. The molecule has 0 heterocycles. The Morgan fingerprint density at radius 1 is 0.387 bits per heavy atom. The van der Waals surface area contributed by atoms with Crippen LogP contribution in [-0.4, -0.2) is 103 Å². The molecule has 10 unspecified atom stereocenters. The minimum absolute atomic E-state index is 0.0959. The van der Waals surface area contributed by atoms with E-state index in [4.69, 9.17) is 66.3 Å². The maximum atomic E-state index is 9.87. The second-order valence-electron chi connectivity index (χ2n) is 30.1. The van der Waals surface area contributed by atoms with Crippen LogP contribution in [0.4, 0.5) is 0 Å². The van der Waals surface area contributed by atoms with E-state index in [1.165, 1.54) is 98.4 Å². The second kappa shape index (κ2) is 48.6. The lowest BCUT2D eigenvalue weighted by Crippen LogP contribution is -2.52. The molecule has 0 amide bonds. The number of rotatable bonds is 39. The summed E-state index contributed by atoms with van der Waals surface area (Å²) in [6.45, 7) is 43.3. The van der Waals surface area contributed by atoms with Gasteiger partial charge >= 0.3 is 0 Å². The number of phenols is 1. The van der Waals surface area contributed by atoms with E-state index >= 15 is 0 Å². The monoisotopic (exact) mass is 1480 g/mol. The third kappa shape index (κ3) is 30.1. The molecule has 10 atom stereocenters. The Kier molecular flexibility index (Phi) is 41.5. The number of hydrogen-bond acceptors (Lipinski definition) is 15. The van der Waals surface area contributed by atoms with Gasteiger partial charge in [-0.05, 0) is 281 Å². The van der Waals surface area contributed by atoms with Crippen LogP contribution in [-0.2, 0) is 34.8 Å². The Balaban J connectivity index is 0.000000240. The molecule has 0 aliphatic heterocycles. The SMILES string of the molecule is CCC(C)c1ccc(OC(C)OCCC2CCCCC2)c(OC)c1.CCC(C)c1ccc(OCOC23CC4CC(CC(C4)C2)C3)c(OC)c1.CCOC(C)Cc1cc(C(C)CC)ccc1OC(C)OCC.CCOC(C)Oc1ccc(C(C)CC)cc1O.CCOC(C)Oc1ccc(C(C)CC)cc1OC. The molecule has 1 N–H and O–H groups in total. The predicted molar refractivity (Wildman–Crippen MR) is 432 cm³/mol. The van der Waals surface area contributed by atoms with Crippen LogP contribution in [0.3, 0.4) is 0 Å². The van der Waals surface area contributed by atoms with Crippen molar-refractivity contribution in [1.82, 2.24) is 0 Å². The molecule has 4 bridgehead atoms. The van der Waals surface area contributed by atoms with Crippen LogP contribution < -0.4 is 37.9 Å². The molecule has 5 saturated carbocycles. The van der Waals surface area contributed by atoms with Gasteiger partial charge in [0.25, 0.3) is 0 Å². The van der Waals surface area contributed by atoms with E-state index in [-0.39, 0.29) is 42.6 Å². The second-order valence-corrected chi connectivity index (χ2v) is 30.1. The van der Waals surface area contributed by atoms with Crippen molar-refractivity contribution in [1.29, 1.82) is 0 Å². The molecule has 5 aliphatic rings. The summed E-state index contributed by atoms with van der Waals surface area (Å²) in [6.07, 6.45) is 21.6. The Labute approximate surface area is 642 Å². The van der Waals surface area contributed by atoms with Crippen molar-refractivity contribution in [3.05, 3.63) is 124 Å². The van der Waals surface area contributed by atoms with Crippen LogP contribution in [0.25, 0.3) is 0 Å². The molecule has 5 aromatic rings. The van der Waals surface area contributed by atoms with Crippen LogP contribution in [0.1, 0.15) is 304 Å². The van der Waals surface area contributed by atoms with Crippen LogP contribution in [0.15, 0.2) is 91.0 Å². The molecular formula is C91H144O15. The van der Waals surface area contributed by atoms with E-state index in [1.807, 2.05) is 85.7 Å². The van der Waals surface area contributed by atoms with E-state index in [0.717, 1.165) is 128 Å². The standard InChI is InChI=1S/C22H32O3.C21H34O3.C19H32O3.C15H24O3.C14H22O3/c1-4-15(2)19-5-6-20(21(10-19)23-3)24-14-25-22-11-16-7-17(12-22)9-18(8-16)13-22;1-5-16(2)19-11-12-20(21(15-19)22-4)24-17(3)23-14-13-18-9-7-6-8-10-18;1-7-14(4)17-10-11-19(22-16(6)21-9-3)18(13-17)12-15(5)20-8-2;1-6-11(3)13-8-9-14(15(10-13)16-5)18-12(4)17-7-2;1-5-10(3)12-7-8-14(13(15)9-12)17-11(4)16-6-2/h5-6,10,15-18H,4,7-9,11-14H2,1-3H3;11-12,15-18H,5-10,13-14H2,1-4H3;10-11,13-16H,7-9,12H2,1-6H3;8-12H,6-7H2,1-5H3;7-11,15H,5-6H2,1-4H3. The maximum absolute atomic E-state index is 9.87. The highest BCUT2D eigenvalue weighted by Gasteiger charge is 2.52. The fourth-order valence-electron chi connectivity index (χ4n) is 15.1. The topological polar surface area (TPSA) is 149 Å². The average molecular weight is 1480 g/mol. The first-order valence-corrected chi connectivity index (χ1v) is 41.0. The van der Waals surface area contributed by atoms with Crippen molar-refractivity contribution in [3.63, 3.8) is 0 Å². The largest absolute Gasteiger partial charge is 0.504 e. The van der Waals surface area contributed by atoms with Gasteiger partial charge in [0.1, 0.15) is 5.75 Å². The van der Waals surface area contributed by atoms with E-state index < -0.39 is 0 Å². The zero-order valence-electron chi connectivity index (χ0n) is 69.9. The molecule has 0 spiro atoms. The molecular weight excluding hydrogens is 1330 g/mol. The van der Waals surface area contributed by atoms with Crippen molar-refractivity contribution in [2.75, 3.05) is 61.2 Å². The number of aromatic hydroxyl groups is 1. The average Bonchev–Trinajstić information content (AvgIpc) is 0.752. The number of ether oxygens (including phenoxy) is 14. The summed E-state index contributed by atoms with van der Waals surface area (Å²) in [5.74, 6) is 12.3. The van der Waals surface area contributed by atoms with Crippen LogP contribution in [0.5, 0.6) is 51.7 Å². The van der Waals surface area contributed by atoms with Gasteiger partial charge in [-0.1, -0.05) is 138 Å². The Morgan fingerprint density at radius 3 is 1.13 bits per heavy atom. The summed E-state index contributed by atoms with van der Waals surface area (Å²) in [4.78, 5) is 0. The molecule has 598 valence electrons. The zero-order chi connectivity index (χ0) is 77.7. The number of phenolic OH excluding ortho intramolecular Hbond substituents is 1. The number of benzene rings is 5. The van der Waals surface area contributed by atoms with Crippen LogP contribution in [0, 0.1) is 23.7 Å². The molecule has 106 heavy (non-hydrogen) atoms. The maximum Gasteiger partial charge on any atom is 0.197 e. The zero-order valence-corrected chi connectivity index (χ0v) is 69.9. The molecule has 5 aromatic carbocycles. The van der Waals surface area contributed by atoms with Crippen molar-refractivity contribution >= 4 is 0 Å². The molecule has 15 nitrogen and oxygen atoms in total. The van der Waals surface area contributed by atoms with Gasteiger partial charge in [0.2, 0.25) is 0 Å². The van der Waals surface area contributed by atoms with Crippen LogP contribution >= 0.6 is 0 Å².